The topological polar surface area (TPSA) is 68.8 Å². The molecule has 0 bridgehead atoms. The summed E-state index contributed by atoms with van der Waals surface area (Å²) < 4.78 is 15.8. The zero-order chi connectivity index (χ0) is 15.0. The molecule has 6 nitrogen and oxygen atoms in total. The van der Waals surface area contributed by atoms with Crippen LogP contribution in [0.15, 0.2) is 12.1 Å². The number of benzene rings is 1. The van der Waals surface area contributed by atoms with Crippen LogP contribution < -0.4 is 24.8 Å². The minimum Gasteiger partial charge on any atom is -0.496 e. The first-order chi connectivity index (χ1) is 9.65. The molecule has 0 heterocycles. The van der Waals surface area contributed by atoms with Crippen LogP contribution in [-0.2, 0) is 11.3 Å². The molecule has 1 aromatic carbocycles. The third-order valence-electron chi connectivity index (χ3n) is 2.86. The Kier molecular flexibility index (Phi) is 6.66. The van der Waals surface area contributed by atoms with Gasteiger partial charge in [-0.05, 0) is 13.1 Å². The van der Waals surface area contributed by atoms with Crippen molar-refractivity contribution in [2.24, 2.45) is 0 Å². The van der Waals surface area contributed by atoms with Crippen molar-refractivity contribution in [3.05, 3.63) is 17.7 Å². The van der Waals surface area contributed by atoms with Gasteiger partial charge in [0.25, 0.3) is 0 Å². The van der Waals surface area contributed by atoms with Crippen LogP contribution in [0.1, 0.15) is 12.0 Å². The van der Waals surface area contributed by atoms with Crippen LogP contribution >= 0.6 is 0 Å². The van der Waals surface area contributed by atoms with Gasteiger partial charge >= 0.3 is 0 Å². The van der Waals surface area contributed by atoms with E-state index in [1.54, 1.807) is 33.5 Å². The molecule has 0 unspecified atom stereocenters. The second kappa shape index (κ2) is 8.27. The van der Waals surface area contributed by atoms with E-state index in [-0.39, 0.29) is 5.91 Å². The zero-order valence-electron chi connectivity index (χ0n) is 12.4. The summed E-state index contributed by atoms with van der Waals surface area (Å²) in [5.41, 5.74) is 0.836. The predicted molar refractivity (Wildman–Crippen MR) is 76.5 cm³/mol. The number of hydrogen-bond acceptors (Lipinski definition) is 5. The number of carbonyl (C=O) groups is 1. The van der Waals surface area contributed by atoms with Crippen molar-refractivity contribution in [3.63, 3.8) is 0 Å². The maximum atomic E-state index is 11.6. The van der Waals surface area contributed by atoms with Crippen LogP contribution in [0.4, 0.5) is 0 Å². The molecule has 6 heteroatoms. The quantitative estimate of drug-likeness (QED) is 0.742. The van der Waals surface area contributed by atoms with E-state index in [0.29, 0.717) is 36.8 Å². The van der Waals surface area contributed by atoms with Gasteiger partial charge in [0.2, 0.25) is 5.91 Å². The molecule has 0 aromatic heterocycles. The van der Waals surface area contributed by atoms with Crippen molar-refractivity contribution in [2.45, 2.75) is 13.0 Å². The molecule has 0 aliphatic rings. The predicted octanol–water partition coefficient (Wildman–Crippen LogP) is 0.938. The van der Waals surface area contributed by atoms with Gasteiger partial charge in [-0.15, -0.1) is 0 Å². The van der Waals surface area contributed by atoms with E-state index in [9.17, 15) is 4.79 Å². The molecule has 0 aliphatic carbocycles. The number of rotatable bonds is 8. The fourth-order valence-electron chi connectivity index (χ4n) is 1.75. The molecule has 0 saturated carbocycles. The summed E-state index contributed by atoms with van der Waals surface area (Å²) in [6.45, 7) is 1.03. The third kappa shape index (κ3) is 4.31. The largest absolute Gasteiger partial charge is 0.496 e. The fourth-order valence-corrected chi connectivity index (χ4v) is 1.75. The molecule has 0 saturated heterocycles. The van der Waals surface area contributed by atoms with Crippen molar-refractivity contribution < 1.29 is 19.0 Å². The lowest BCUT2D eigenvalue weighted by Crippen LogP contribution is -2.26. The summed E-state index contributed by atoms with van der Waals surface area (Å²) in [7, 11) is 6.52. The highest BCUT2D eigenvalue weighted by Gasteiger charge is 2.12. The Morgan fingerprint density at radius 1 is 1.05 bits per heavy atom. The molecule has 1 rings (SSSR count). The van der Waals surface area contributed by atoms with Crippen molar-refractivity contribution in [2.75, 3.05) is 34.9 Å². The molecule has 0 aliphatic heterocycles. The van der Waals surface area contributed by atoms with Gasteiger partial charge in [0.05, 0.1) is 21.3 Å². The van der Waals surface area contributed by atoms with Gasteiger partial charge in [0, 0.05) is 31.1 Å². The van der Waals surface area contributed by atoms with Gasteiger partial charge in [-0.25, -0.2) is 0 Å². The van der Waals surface area contributed by atoms with Gasteiger partial charge in [-0.3, -0.25) is 4.79 Å². The Morgan fingerprint density at radius 2 is 1.65 bits per heavy atom. The normalized spacial score (nSPS) is 10.0. The average molecular weight is 282 g/mol. The van der Waals surface area contributed by atoms with Crippen LogP contribution in [0, 0.1) is 0 Å². The highest BCUT2D eigenvalue weighted by Crippen LogP contribution is 2.34. The molecule has 112 valence electrons. The second-order valence-electron chi connectivity index (χ2n) is 4.15. The number of ether oxygens (including phenoxy) is 3. The van der Waals surface area contributed by atoms with Crippen LogP contribution in [0.5, 0.6) is 17.2 Å². The molecule has 2 N–H and O–H groups in total. The van der Waals surface area contributed by atoms with Crippen LogP contribution in [0.3, 0.4) is 0 Å². The molecular formula is C14H22N2O4. The van der Waals surface area contributed by atoms with E-state index in [0.717, 1.165) is 5.56 Å². The average Bonchev–Trinajstić information content (AvgIpc) is 2.49. The van der Waals surface area contributed by atoms with Gasteiger partial charge in [-0.2, -0.15) is 0 Å². The highest BCUT2D eigenvalue weighted by molar-refractivity contribution is 5.76. The third-order valence-corrected chi connectivity index (χ3v) is 2.86. The van der Waals surface area contributed by atoms with E-state index in [4.69, 9.17) is 14.2 Å². The first kappa shape index (κ1) is 16.1. The number of hydrogen-bond donors (Lipinski definition) is 2. The summed E-state index contributed by atoms with van der Waals surface area (Å²) in [6, 6.07) is 3.55. The molecule has 20 heavy (non-hydrogen) atoms. The van der Waals surface area contributed by atoms with Crippen LogP contribution in [0.25, 0.3) is 0 Å². The number of nitrogens with one attached hydrogen (secondary N) is 2. The smallest absolute Gasteiger partial charge is 0.221 e. The first-order valence-electron chi connectivity index (χ1n) is 6.36. The molecule has 0 radical (unpaired) electrons. The number of amides is 1. The van der Waals surface area contributed by atoms with Crippen molar-refractivity contribution in [1.29, 1.82) is 0 Å². The number of carbonyl (C=O) groups excluding carboxylic acids is 1. The van der Waals surface area contributed by atoms with Crippen LogP contribution in [-0.4, -0.2) is 40.8 Å². The summed E-state index contributed by atoms with van der Waals surface area (Å²) in [4.78, 5) is 11.6. The van der Waals surface area contributed by atoms with Crippen LogP contribution in [0.2, 0.25) is 0 Å². The Labute approximate surface area is 119 Å². The van der Waals surface area contributed by atoms with E-state index < -0.39 is 0 Å². The molecule has 1 aromatic rings. The van der Waals surface area contributed by atoms with Gasteiger partial charge in [0.1, 0.15) is 5.75 Å². The van der Waals surface area contributed by atoms with Crippen molar-refractivity contribution in [1.82, 2.24) is 10.6 Å². The Bertz CT molecular complexity index is 449. The molecule has 0 spiro atoms. The zero-order valence-corrected chi connectivity index (χ0v) is 12.4. The maximum absolute atomic E-state index is 11.6. The van der Waals surface area contributed by atoms with Gasteiger partial charge in [-0.1, -0.05) is 0 Å². The van der Waals surface area contributed by atoms with E-state index in [1.165, 1.54) is 0 Å². The van der Waals surface area contributed by atoms with E-state index >= 15 is 0 Å². The molecule has 1 amide bonds. The molecular weight excluding hydrogens is 260 g/mol. The lowest BCUT2D eigenvalue weighted by atomic mass is 10.1. The summed E-state index contributed by atoms with van der Waals surface area (Å²) >= 11 is 0. The van der Waals surface area contributed by atoms with E-state index in [1.807, 2.05) is 7.05 Å². The van der Waals surface area contributed by atoms with E-state index in [2.05, 4.69) is 10.6 Å². The number of methoxy groups -OCH3 is 3. The lowest BCUT2D eigenvalue weighted by Gasteiger charge is -2.14. The SMILES string of the molecule is CNCCC(=O)NCc1cc(OC)c(OC)cc1OC. The summed E-state index contributed by atoms with van der Waals surface area (Å²) in [6.07, 6.45) is 0.437. The minimum absolute atomic E-state index is 0.0174. The fraction of sp³-hybridized carbons (Fsp3) is 0.500. The Morgan fingerprint density at radius 3 is 2.20 bits per heavy atom. The maximum Gasteiger partial charge on any atom is 0.221 e. The molecule has 0 fully saturated rings. The monoisotopic (exact) mass is 282 g/mol. The van der Waals surface area contributed by atoms with Crippen molar-refractivity contribution in [3.8, 4) is 17.2 Å². The lowest BCUT2D eigenvalue weighted by molar-refractivity contribution is -0.121. The van der Waals surface area contributed by atoms with Gasteiger partial charge in [0.15, 0.2) is 11.5 Å². The second-order valence-corrected chi connectivity index (χ2v) is 4.15. The Hall–Kier alpha value is -1.95. The Balaban J connectivity index is 2.80. The van der Waals surface area contributed by atoms with Gasteiger partial charge < -0.3 is 24.8 Å². The van der Waals surface area contributed by atoms with Crippen molar-refractivity contribution >= 4 is 5.91 Å². The highest BCUT2D eigenvalue weighted by atomic mass is 16.5. The summed E-state index contributed by atoms with van der Waals surface area (Å²) in [5.74, 6) is 1.83. The standard InChI is InChI=1S/C14H22N2O4/c1-15-6-5-14(17)16-9-10-7-12(19-3)13(20-4)8-11(10)18-2/h7-8,15H,5-6,9H2,1-4H3,(H,16,17). The summed E-state index contributed by atoms with van der Waals surface area (Å²) in [5, 5.41) is 5.77. The minimum atomic E-state index is -0.0174. The molecule has 0 atom stereocenters. The first-order valence-corrected chi connectivity index (χ1v) is 6.36.